The van der Waals surface area contributed by atoms with Crippen LogP contribution in [0.1, 0.15) is 43.0 Å². The number of fused-ring (bicyclic) bond motifs is 6. The molecule has 0 spiro atoms. The summed E-state index contributed by atoms with van der Waals surface area (Å²) in [6.45, 7) is 0. The van der Waals surface area contributed by atoms with Crippen molar-refractivity contribution >= 4 is 49.3 Å². The second-order valence-electron chi connectivity index (χ2n) is 14.3. The fraction of sp³-hybridized carbons (Fsp3) is 0.146. The first-order valence-corrected chi connectivity index (χ1v) is 18.6. The van der Waals surface area contributed by atoms with E-state index >= 15 is 0 Å². The Hall–Kier alpha value is -6.51. The van der Waals surface area contributed by atoms with E-state index in [2.05, 4.69) is 161 Å². The number of hydrogen-bond donors (Lipinski definition) is 0. The third kappa shape index (κ3) is 5.38. The number of aromatic nitrogens is 4. The second kappa shape index (κ2) is 12.9. The van der Waals surface area contributed by atoms with Crippen LogP contribution < -0.4 is 0 Å². The van der Waals surface area contributed by atoms with Crippen LogP contribution in [0.3, 0.4) is 0 Å². The van der Waals surface area contributed by atoms with E-state index in [0.717, 1.165) is 82.8 Å². The van der Waals surface area contributed by atoms with E-state index in [-0.39, 0.29) is 11.8 Å². The monoisotopic (exact) mass is 683 g/mol. The minimum Gasteiger partial charge on any atom is -0.310 e. The Balaban J connectivity index is 1.16. The molecule has 2 atom stereocenters. The predicted molar refractivity (Wildman–Crippen MR) is 218 cm³/mol. The van der Waals surface area contributed by atoms with Crippen molar-refractivity contribution in [2.24, 2.45) is 5.92 Å². The van der Waals surface area contributed by atoms with Crippen molar-refractivity contribution < 1.29 is 0 Å². The van der Waals surface area contributed by atoms with Gasteiger partial charge in [0.25, 0.3) is 0 Å². The van der Waals surface area contributed by atoms with Crippen molar-refractivity contribution in [3.05, 3.63) is 169 Å². The van der Waals surface area contributed by atoms with Gasteiger partial charge in [-0.25, -0.2) is 9.97 Å². The largest absolute Gasteiger partial charge is 0.310 e. The molecule has 0 saturated heterocycles. The van der Waals surface area contributed by atoms with Crippen molar-refractivity contribution in [1.82, 2.24) is 19.1 Å². The maximum absolute atomic E-state index is 9.48. The van der Waals surface area contributed by atoms with E-state index < -0.39 is 0 Å². The lowest BCUT2D eigenvalue weighted by atomic mass is 9.95. The summed E-state index contributed by atoms with van der Waals surface area (Å²) in [4.78, 5) is 10.6. The van der Waals surface area contributed by atoms with Gasteiger partial charge >= 0.3 is 0 Å². The van der Waals surface area contributed by atoms with Crippen molar-refractivity contribution in [2.45, 2.75) is 38.0 Å². The zero-order valence-electron chi connectivity index (χ0n) is 29.4. The highest BCUT2D eigenvalue weighted by atomic mass is 15.2. The minimum absolute atomic E-state index is 0.0757. The first kappa shape index (κ1) is 31.2. The molecule has 0 N–H and O–H groups in total. The van der Waals surface area contributed by atoms with Crippen LogP contribution >= 0.6 is 0 Å². The molecule has 7 aromatic rings. The zero-order chi connectivity index (χ0) is 35.3. The third-order valence-corrected chi connectivity index (χ3v) is 11.0. The molecule has 3 heterocycles. The van der Waals surface area contributed by atoms with Crippen LogP contribution in [-0.4, -0.2) is 19.1 Å². The lowest BCUT2D eigenvalue weighted by molar-refractivity contribution is 0.785. The number of para-hydroxylation sites is 2. The van der Waals surface area contributed by atoms with Crippen molar-refractivity contribution in [2.75, 3.05) is 0 Å². The van der Waals surface area contributed by atoms with Gasteiger partial charge in [-0.15, -0.1) is 0 Å². The molecule has 2 unspecified atom stereocenters. The Labute approximate surface area is 308 Å². The van der Waals surface area contributed by atoms with Crippen LogP contribution in [0, 0.1) is 17.2 Å². The molecule has 10 rings (SSSR count). The molecule has 4 aromatic carbocycles. The summed E-state index contributed by atoms with van der Waals surface area (Å²) in [7, 11) is 0. The van der Waals surface area contributed by atoms with Crippen LogP contribution in [-0.2, 0) is 6.42 Å². The Kier molecular flexibility index (Phi) is 7.61. The van der Waals surface area contributed by atoms with Gasteiger partial charge in [0.1, 0.15) is 0 Å². The normalized spacial score (nSPS) is 18.2. The molecule has 0 saturated carbocycles. The highest BCUT2D eigenvalue weighted by molar-refractivity contribution is 6.17. The first-order chi connectivity index (χ1) is 26.2. The summed E-state index contributed by atoms with van der Waals surface area (Å²) in [6, 6.07) is 35.4. The first-order valence-electron chi connectivity index (χ1n) is 18.6. The molecule has 0 aliphatic heterocycles. The summed E-state index contributed by atoms with van der Waals surface area (Å²) in [5.74, 6) is 0.852. The van der Waals surface area contributed by atoms with Crippen LogP contribution in [0.2, 0.25) is 0 Å². The zero-order valence-corrected chi connectivity index (χ0v) is 29.4. The number of allylic oxidation sites excluding steroid dienone is 12. The summed E-state index contributed by atoms with van der Waals surface area (Å²) >= 11 is 0. The SMILES string of the molecule is N#CC1C=CC(n2c3ccccc3c3cc(-c4cccc5c4c4ccccc4n5-c4nc(CC5=CCCC=C5)cc(C5C=CC=CC5)n4)ccc32)=CC1. The number of rotatable bonds is 6. The molecular weight excluding hydrogens is 647 g/mol. The molecule has 5 nitrogen and oxygen atoms in total. The average Bonchev–Trinajstić information content (AvgIpc) is 3.74. The molecule has 3 aliphatic carbocycles. The molecule has 0 fully saturated rings. The number of hydrogen-bond acceptors (Lipinski definition) is 3. The molecule has 0 radical (unpaired) electrons. The average molecular weight is 684 g/mol. The molecule has 53 heavy (non-hydrogen) atoms. The molecule has 5 heteroatoms. The molecule has 0 bridgehead atoms. The molecule has 254 valence electrons. The summed E-state index contributed by atoms with van der Waals surface area (Å²) in [5.41, 5.74) is 11.4. The number of benzene rings is 4. The van der Waals surface area contributed by atoms with E-state index in [1.807, 2.05) is 6.08 Å². The van der Waals surface area contributed by atoms with Crippen LogP contribution in [0.4, 0.5) is 0 Å². The molecule has 3 aliphatic rings. The fourth-order valence-corrected chi connectivity index (χ4v) is 8.46. The standard InChI is InChI=1S/C48H37N5/c49-31-33-22-25-37(26-23-33)52-43-19-9-7-16-39(43)41-29-35(24-27-45(41)52)38-18-11-21-46-47(38)40-17-8-10-20-44(40)53(46)48-50-36(28-32-12-3-1-4-13-32)30-42(51-48)34-14-5-2-6-15-34/h2-3,5-14,16-22,24-27,29-30,33-34H,1,4,15,23,28H2. The Morgan fingerprint density at radius 2 is 1.51 bits per heavy atom. The van der Waals surface area contributed by atoms with Gasteiger partial charge in [-0.1, -0.05) is 109 Å². The van der Waals surface area contributed by atoms with Gasteiger partial charge in [-0.3, -0.25) is 4.57 Å². The Morgan fingerprint density at radius 3 is 2.30 bits per heavy atom. The molecule has 3 aromatic heterocycles. The van der Waals surface area contributed by atoms with Gasteiger partial charge < -0.3 is 4.57 Å². The van der Waals surface area contributed by atoms with Crippen LogP contribution in [0.5, 0.6) is 0 Å². The second-order valence-corrected chi connectivity index (χ2v) is 14.3. The highest BCUT2D eigenvalue weighted by Crippen LogP contribution is 2.41. The third-order valence-electron chi connectivity index (χ3n) is 11.0. The lowest BCUT2D eigenvalue weighted by Gasteiger charge is -2.17. The van der Waals surface area contributed by atoms with Gasteiger partial charge in [0, 0.05) is 39.6 Å². The Bertz CT molecular complexity index is 2840. The summed E-state index contributed by atoms with van der Waals surface area (Å²) in [5, 5.41) is 14.3. The minimum atomic E-state index is -0.0757. The molecule has 0 amide bonds. The van der Waals surface area contributed by atoms with Crippen LogP contribution in [0.25, 0.3) is 66.4 Å². The van der Waals surface area contributed by atoms with E-state index in [0.29, 0.717) is 0 Å². The maximum atomic E-state index is 9.48. The maximum Gasteiger partial charge on any atom is 0.235 e. The van der Waals surface area contributed by atoms with E-state index in [9.17, 15) is 5.26 Å². The Morgan fingerprint density at radius 1 is 0.679 bits per heavy atom. The number of nitriles is 1. The van der Waals surface area contributed by atoms with E-state index in [1.54, 1.807) is 0 Å². The smallest absolute Gasteiger partial charge is 0.235 e. The van der Waals surface area contributed by atoms with E-state index in [1.165, 1.54) is 32.7 Å². The van der Waals surface area contributed by atoms with Gasteiger partial charge in [0.05, 0.1) is 45.4 Å². The van der Waals surface area contributed by atoms with Gasteiger partial charge in [-0.2, -0.15) is 5.26 Å². The molecular formula is C48H37N5. The van der Waals surface area contributed by atoms with Gasteiger partial charge in [0.2, 0.25) is 5.95 Å². The van der Waals surface area contributed by atoms with Crippen molar-refractivity contribution in [1.29, 1.82) is 5.26 Å². The predicted octanol–water partition coefficient (Wildman–Crippen LogP) is 11.7. The van der Waals surface area contributed by atoms with Crippen molar-refractivity contribution in [3.8, 4) is 23.1 Å². The van der Waals surface area contributed by atoms with E-state index in [4.69, 9.17) is 9.97 Å². The fourth-order valence-electron chi connectivity index (χ4n) is 8.46. The van der Waals surface area contributed by atoms with Crippen LogP contribution in [0.15, 0.2) is 157 Å². The summed E-state index contributed by atoms with van der Waals surface area (Å²) in [6.07, 6.45) is 26.5. The number of nitrogens with zero attached hydrogens (tertiary/aromatic N) is 5. The highest BCUT2D eigenvalue weighted by Gasteiger charge is 2.22. The lowest BCUT2D eigenvalue weighted by Crippen LogP contribution is -2.10. The van der Waals surface area contributed by atoms with Crippen molar-refractivity contribution in [3.63, 3.8) is 0 Å². The summed E-state index contributed by atoms with van der Waals surface area (Å²) < 4.78 is 4.61. The quantitative estimate of drug-likeness (QED) is 0.175. The van der Waals surface area contributed by atoms with Gasteiger partial charge in [0.15, 0.2) is 0 Å². The topological polar surface area (TPSA) is 59.4 Å². The van der Waals surface area contributed by atoms with Gasteiger partial charge in [-0.05, 0) is 84.9 Å².